The Hall–Kier alpha value is -1.16. The third-order valence-corrected chi connectivity index (χ3v) is 4.44. The van der Waals surface area contributed by atoms with E-state index in [1.165, 1.54) is 30.5 Å². The third-order valence-electron chi connectivity index (χ3n) is 4.44. The highest BCUT2D eigenvalue weighted by molar-refractivity contribution is 5.46. The number of rotatable bonds is 3. The van der Waals surface area contributed by atoms with Crippen molar-refractivity contribution in [2.75, 3.05) is 11.9 Å². The van der Waals surface area contributed by atoms with E-state index < -0.39 is 0 Å². The second kappa shape index (κ2) is 5.87. The molecular formula is C15H23N3O. The highest BCUT2D eigenvalue weighted by Gasteiger charge is 2.21. The van der Waals surface area contributed by atoms with E-state index in [-0.39, 0.29) is 6.10 Å². The third kappa shape index (κ3) is 3.06. The number of hydrogen-bond donors (Lipinski definition) is 2. The van der Waals surface area contributed by atoms with Gasteiger partial charge < -0.3 is 10.4 Å². The van der Waals surface area contributed by atoms with E-state index >= 15 is 0 Å². The zero-order valence-corrected chi connectivity index (χ0v) is 11.4. The molecule has 19 heavy (non-hydrogen) atoms. The summed E-state index contributed by atoms with van der Waals surface area (Å²) in [7, 11) is 0. The molecule has 0 bridgehead atoms. The number of aromatic nitrogens is 2. The highest BCUT2D eigenvalue weighted by atomic mass is 16.3. The SMILES string of the molecule is OC1CCCC(CNc2ncnc3c2CCCC3)C1. The van der Waals surface area contributed by atoms with Crippen molar-refractivity contribution < 1.29 is 5.11 Å². The number of aryl methyl sites for hydroxylation is 1. The van der Waals surface area contributed by atoms with Crippen molar-refractivity contribution in [2.24, 2.45) is 5.92 Å². The number of fused-ring (bicyclic) bond motifs is 1. The summed E-state index contributed by atoms with van der Waals surface area (Å²) < 4.78 is 0. The minimum atomic E-state index is -0.0973. The zero-order valence-electron chi connectivity index (χ0n) is 11.4. The predicted molar refractivity (Wildman–Crippen MR) is 75.1 cm³/mol. The van der Waals surface area contributed by atoms with Crippen LogP contribution in [0.1, 0.15) is 49.8 Å². The molecule has 0 amide bonds. The molecule has 1 aromatic heterocycles. The van der Waals surface area contributed by atoms with Gasteiger partial charge in [0.25, 0.3) is 0 Å². The topological polar surface area (TPSA) is 58.0 Å². The van der Waals surface area contributed by atoms with Gasteiger partial charge in [0.15, 0.2) is 0 Å². The Morgan fingerprint density at radius 1 is 1.16 bits per heavy atom. The molecule has 1 heterocycles. The average molecular weight is 261 g/mol. The minimum absolute atomic E-state index is 0.0973. The molecule has 1 fully saturated rings. The van der Waals surface area contributed by atoms with Crippen LogP contribution in [-0.2, 0) is 12.8 Å². The fraction of sp³-hybridized carbons (Fsp3) is 0.733. The lowest BCUT2D eigenvalue weighted by Gasteiger charge is -2.27. The maximum Gasteiger partial charge on any atom is 0.132 e. The van der Waals surface area contributed by atoms with Crippen LogP contribution in [0.2, 0.25) is 0 Å². The van der Waals surface area contributed by atoms with Gasteiger partial charge in [-0.15, -0.1) is 0 Å². The average Bonchev–Trinajstić information content (AvgIpc) is 2.45. The molecule has 104 valence electrons. The summed E-state index contributed by atoms with van der Waals surface area (Å²) in [6.45, 7) is 0.931. The number of aliphatic hydroxyl groups is 1. The summed E-state index contributed by atoms with van der Waals surface area (Å²) in [5.41, 5.74) is 2.55. The van der Waals surface area contributed by atoms with Crippen LogP contribution >= 0.6 is 0 Å². The van der Waals surface area contributed by atoms with Crippen LogP contribution < -0.4 is 5.32 Å². The van der Waals surface area contributed by atoms with Crippen molar-refractivity contribution in [2.45, 2.75) is 57.5 Å². The molecule has 1 saturated carbocycles. The van der Waals surface area contributed by atoms with E-state index in [1.807, 2.05) is 0 Å². The highest BCUT2D eigenvalue weighted by Crippen LogP contribution is 2.27. The van der Waals surface area contributed by atoms with Gasteiger partial charge in [0.05, 0.1) is 6.10 Å². The Morgan fingerprint density at radius 3 is 2.95 bits per heavy atom. The van der Waals surface area contributed by atoms with E-state index in [9.17, 15) is 5.11 Å². The maximum atomic E-state index is 9.72. The Bertz CT molecular complexity index is 435. The van der Waals surface area contributed by atoms with Crippen LogP contribution in [0.15, 0.2) is 6.33 Å². The van der Waals surface area contributed by atoms with E-state index in [1.54, 1.807) is 6.33 Å². The smallest absolute Gasteiger partial charge is 0.132 e. The zero-order chi connectivity index (χ0) is 13.1. The van der Waals surface area contributed by atoms with Crippen molar-refractivity contribution in [1.29, 1.82) is 0 Å². The molecule has 2 unspecified atom stereocenters. The Morgan fingerprint density at radius 2 is 2.05 bits per heavy atom. The second-order valence-electron chi connectivity index (χ2n) is 5.92. The van der Waals surface area contributed by atoms with Gasteiger partial charge in [0, 0.05) is 17.8 Å². The molecule has 3 rings (SSSR count). The Labute approximate surface area is 114 Å². The molecule has 0 saturated heterocycles. The van der Waals surface area contributed by atoms with Crippen molar-refractivity contribution in [3.05, 3.63) is 17.6 Å². The van der Waals surface area contributed by atoms with Crippen LogP contribution in [0.5, 0.6) is 0 Å². The molecular weight excluding hydrogens is 238 g/mol. The molecule has 0 radical (unpaired) electrons. The summed E-state index contributed by atoms with van der Waals surface area (Å²) in [5.74, 6) is 1.61. The molecule has 2 aliphatic carbocycles. The first-order valence-corrected chi connectivity index (χ1v) is 7.57. The Kier molecular flexibility index (Phi) is 3.97. The van der Waals surface area contributed by atoms with Crippen molar-refractivity contribution in [3.8, 4) is 0 Å². The van der Waals surface area contributed by atoms with Crippen molar-refractivity contribution >= 4 is 5.82 Å². The van der Waals surface area contributed by atoms with E-state index in [0.717, 1.165) is 44.5 Å². The Balaban J connectivity index is 1.63. The monoisotopic (exact) mass is 261 g/mol. The summed E-state index contributed by atoms with van der Waals surface area (Å²) >= 11 is 0. The lowest BCUT2D eigenvalue weighted by Crippen LogP contribution is -2.25. The van der Waals surface area contributed by atoms with Crippen LogP contribution in [0.4, 0.5) is 5.82 Å². The van der Waals surface area contributed by atoms with Crippen molar-refractivity contribution in [3.63, 3.8) is 0 Å². The molecule has 0 aromatic carbocycles. The molecule has 0 aliphatic heterocycles. The molecule has 4 nitrogen and oxygen atoms in total. The first-order chi connectivity index (χ1) is 9.33. The summed E-state index contributed by atoms with van der Waals surface area (Å²) in [5, 5.41) is 13.2. The number of anilines is 1. The quantitative estimate of drug-likeness (QED) is 0.876. The molecule has 4 heteroatoms. The summed E-state index contributed by atoms with van der Waals surface area (Å²) in [6.07, 6.45) is 10.5. The fourth-order valence-electron chi connectivity index (χ4n) is 3.36. The minimum Gasteiger partial charge on any atom is -0.393 e. The molecule has 0 spiro atoms. The van der Waals surface area contributed by atoms with Gasteiger partial charge in [0.2, 0.25) is 0 Å². The largest absolute Gasteiger partial charge is 0.393 e. The van der Waals surface area contributed by atoms with Gasteiger partial charge in [-0.3, -0.25) is 0 Å². The summed E-state index contributed by atoms with van der Waals surface area (Å²) in [6, 6.07) is 0. The second-order valence-corrected chi connectivity index (χ2v) is 5.92. The molecule has 2 aliphatic rings. The van der Waals surface area contributed by atoms with Gasteiger partial charge in [-0.2, -0.15) is 0 Å². The normalized spacial score (nSPS) is 26.8. The van der Waals surface area contributed by atoms with Crippen LogP contribution in [-0.4, -0.2) is 27.7 Å². The van der Waals surface area contributed by atoms with Gasteiger partial charge in [-0.25, -0.2) is 9.97 Å². The standard InChI is InChI=1S/C15H23N3O/c19-12-5-3-4-11(8-12)9-16-15-13-6-1-2-7-14(13)17-10-18-15/h10-12,19H,1-9H2,(H,16,17,18). The lowest BCUT2D eigenvalue weighted by atomic mass is 9.87. The van der Waals surface area contributed by atoms with Gasteiger partial charge in [0.1, 0.15) is 12.1 Å². The van der Waals surface area contributed by atoms with Gasteiger partial charge in [-0.05, 0) is 50.9 Å². The predicted octanol–water partition coefficient (Wildman–Crippen LogP) is 2.32. The molecule has 1 aromatic rings. The van der Waals surface area contributed by atoms with Gasteiger partial charge in [-0.1, -0.05) is 6.42 Å². The number of nitrogens with zero attached hydrogens (tertiary/aromatic N) is 2. The first kappa shape index (κ1) is 12.9. The van der Waals surface area contributed by atoms with Crippen LogP contribution in [0.3, 0.4) is 0 Å². The first-order valence-electron chi connectivity index (χ1n) is 7.57. The van der Waals surface area contributed by atoms with E-state index in [2.05, 4.69) is 15.3 Å². The number of hydrogen-bond acceptors (Lipinski definition) is 4. The lowest BCUT2D eigenvalue weighted by molar-refractivity contribution is 0.104. The maximum absolute atomic E-state index is 9.72. The molecule has 2 atom stereocenters. The number of aliphatic hydroxyl groups excluding tert-OH is 1. The summed E-state index contributed by atoms with van der Waals surface area (Å²) in [4.78, 5) is 8.81. The van der Waals surface area contributed by atoms with E-state index in [4.69, 9.17) is 0 Å². The van der Waals surface area contributed by atoms with Gasteiger partial charge >= 0.3 is 0 Å². The van der Waals surface area contributed by atoms with Crippen LogP contribution in [0.25, 0.3) is 0 Å². The van der Waals surface area contributed by atoms with E-state index in [0.29, 0.717) is 5.92 Å². The van der Waals surface area contributed by atoms with Crippen molar-refractivity contribution in [1.82, 2.24) is 9.97 Å². The number of nitrogens with one attached hydrogen (secondary N) is 1. The molecule has 2 N–H and O–H groups in total. The fourth-order valence-corrected chi connectivity index (χ4v) is 3.36. The van der Waals surface area contributed by atoms with Crippen LogP contribution in [0, 0.1) is 5.92 Å².